The van der Waals surface area contributed by atoms with E-state index in [-0.39, 0.29) is 5.96 Å². The topological polar surface area (TPSA) is 72.0 Å². The van der Waals surface area contributed by atoms with Gasteiger partial charge in [-0.3, -0.25) is 4.84 Å². The molecule has 0 atom stereocenters. The van der Waals surface area contributed by atoms with Gasteiger partial charge >= 0.3 is 0 Å². The smallest absolute Gasteiger partial charge is 0.237 e. The lowest BCUT2D eigenvalue weighted by Crippen LogP contribution is -2.31. The maximum Gasteiger partial charge on any atom is 0.237 e. The van der Waals surface area contributed by atoms with E-state index in [9.17, 15) is 0 Å². The van der Waals surface area contributed by atoms with E-state index in [2.05, 4.69) is 29.5 Å². The monoisotopic (exact) mass is 282 g/mol. The van der Waals surface area contributed by atoms with Crippen molar-refractivity contribution >= 4 is 23.8 Å². The van der Waals surface area contributed by atoms with Gasteiger partial charge in [-0.15, -0.1) is 5.10 Å². The molecule has 1 aromatic rings. The predicted molar refractivity (Wildman–Crippen MR) is 79.2 cm³/mol. The lowest BCUT2D eigenvalue weighted by molar-refractivity contribution is 0.0754. The van der Waals surface area contributed by atoms with Crippen LogP contribution in [0.2, 0.25) is 5.02 Å². The molecule has 19 heavy (non-hydrogen) atoms. The molecule has 0 aromatic heterocycles. The Morgan fingerprint density at radius 1 is 1.47 bits per heavy atom. The van der Waals surface area contributed by atoms with Crippen molar-refractivity contribution in [2.45, 2.75) is 20.3 Å². The van der Waals surface area contributed by atoms with E-state index >= 15 is 0 Å². The molecule has 1 rings (SSSR count). The van der Waals surface area contributed by atoms with E-state index in [4.69, 9.17) is 22.2 Å². The van der Waals surface area contributed by atoms with Crippen LogP contribution in [0.3, 0.4) is 0 Å². The van der Waals surface area contributed by atoms with Crippen molar-refractivity contribution in [2.24, 2.45) is 21.9 Å². The highest BCUT2D eigenvalue weighted by Crippen LogP contribution is 2.12. The summed E-state index contributed by atoms with van der Waals surface area (Å²) in [7, 11) is 0. The standard InChI is InChI=1S/C13H19ClN4O/c1-10(2)7-8-19-18-13(15)17-16-9-11-5-3-4-6-12(11)14/h3-6,9-10H,7-8H2,1-2H3,(H3,15,17,18)/b16-9+. The van der Waals surface area contributed by atoms with Crippen LogP contribution in [-0.2, 0) is 4.84 Å². The van der Waals surface area contributed by atoms with Crippen LogP contribution < -0.4 is 11.2 Å². The number of hydrogen-bond donors (Lipinski definition) is 2. The number of guanidine groups is 1. The Balaban J connectivity index is 2.37. The fourth-order valence-electron chi connectivity index (χ4n) is 1.17. The van der Waals surface area contributed by atoms with Crippen molar-refractivity contribution in [1.29, 1.82) is 0 Å². The third kappa shape index (κ3) is 6.79. The molecular formula is C13H19ClN4O. The molecule has 1 aromatic carbocycles. The number of nitrogens with zero attached hydrogens (tertiary/aromatic N) is 2. The summed E-state index contributed by atoms with van der Waals surface area (Å²) in [5.74, 6) is 0.685. The number of nitrogens with one attached hydrogen (secondary N) is 1. The molecule has 0 bridgehead atoms. The Morgan fingerprint density at radius 3 is 2.89 bits per heavy atom. The average molecular weight is 283 g/mol. The SMILES string of the molecule is CC(C)CCON/C(N)=N/N=C/c1ccccc1Cl. The largest absolute Gasteiger partial charge is 0.367 e. The van der Waals surface area contributed by atoms with Gasteiger partial charge in [0.05, 0.1) is 12.8 Å². The average Bonchev–Trinajstić information content (AvgIpc) is 2.37. The third-order valence-corrected chi connectivity index (χ3v) is 2.59. The van der Waals surface area contributed by atoms with E-state index in [1.807, 2.05) is 18.2 Å². The Morgan fingerprint density at radius 2 is 2.21 bits per heavy atom. The summed E-state index contributed by atoms with van der Waals surface area (Å²) in [6.45, 7) is 4.81. The molecule has 0 aliphatic rings. The number of halogens is 1. The minimum Gasteiger partial charge on any atom is -0.367 e. The number of hydrogen-bond acceptors (Lipinski definition) is 3. The van der Waals surface area contributed by atoms with Crippen molar-refractivity contribution in [1.82, 2.24) is 5.48 Å². The van der Waals surface area contributed by atoms with Crippen LogP contribution in [0.25, 0.3) is 0 Å². The second kappa shape index (κ2) is 8.50. The molecular weight excluding hydrogens is 264 g/mol. The van der Waals surface area contributed by atoms with Crippen molar-refractivity contribution in [3.05, 3.63) is 34.9 Å². The maximum atomic E-state index is 5.96. The van der Waals surface area contributed by atoms with Crippen LogP contribution in [0.4, 0.5) is 0 Å². The van der Waals surface area contributed by atoms with Crippen LogP contribution in [0, 0.1) is 5.92 Å². The second-order valence-electron chi connectivity index (χ2n) is 4.38. The minimum absolute atomic E-state index is 0.104. The molecule has 6 heteroatoms. The van der Waals surface area contributed by atoms with Crippen LogP contribution in [0.1, 0.15) is 25.8 Å². The van der Waals surface area contributed by atoms with Gasteiger partial charge in [0.2, 0.25) is 5.96 Å². The molecule has 0 radical (unpaired) electrons. The van der Waals surface area contributed by atoms with Gasteiger partial charge in [0.25, 0.3) is 0 Å². The van der Waals surface area contributed by atoms with Crippen molar-refractivity contribution in [2.75, 3.05) is 6.61 Å². The zero-order valence-corrected chi connectivity index (χ0v) is 11.9. The number of hydroxylamine groups is 1. The summed E-state index contributed by atoms with van der Waals surface area (Å²) in [6.07, 6.45) is 2.48. The number of rotatable bonds is 6. The molecule has 3 N–H and O–H groups in total. The molecule has 0 aliphatic carbocycles. The van der Waals surface area contributed by atoms with E-state index < -0.39 is 0 Å². The highest BCUT2D eigenvalue weighted by atomic mass is 35.5. The highest BCUT2D eigenvalue weighted by Gasteiger charge is 1.96. The van der Waals surface area contributed by atoms with Crippen LogP contribution in [-0.4, -0.2) is 18.8 Å². The molecule has 0 amide bonds. The van der Waals surface area contributed by atoms with E-state index in [1.54, 1.807) is 6.07 Å². The van der Waals surface area contributed by atoms with E-state index in [1.165, 1.54) is 6.21 Å². The zero-order chi connectivity index (χ0) is 14.1. The zero-order valence-electron chi connectivity index (χ0n) is 11.1. The maximum absolute atomic E-state index is 5.96. The Labute approximate surface area is 118 Å². The van der Waals surface area contributed by atoms with Gasteiger partial charge < -0.3 is 5.73 Å². The molecule has 0 fully saturated rings. The molecule has 0 spiro atoms. The van der Waals surface area contributed by atoms with Crippen molar-refractivity contribution in [3.63, 3.8) is 0 Å². The number of nitrogens with two attached hydrogens (primary N) is 1. The first kappa shape index (κ1) is 15.5. The molecule has 5 nitrogen and oxygen atoms in total. The Kier molecular flexibility index (Phi) is 6.92. The third-order valence-electron chi connectivity index (χ3n) is 2.24. The Bertz CT molecular complexity index is 446. The molecule has 0 saturated heterocycles. The normalized spacial score (nSPS) is 12.3. The summed E-state index contributed by atoms with van der Waals surface area (Å²) in [5.41, 5.74) is 8.86. The van der Waals surface area contributed by atoms with Gasteiger partial charge in [-0.05, 0) is 18.4 Å². The summed E-state index contributed by atoms with van der Waals surface area (Å²) in [5, 5.41) is 8.19. The molecule has 104 valence electrons. The van der Waals surface area contributed by atoms with Gasteiger partial charge in [-0.1, -0.05) is 43.6 Å². The number of benzene rings is 1. The van der Waals surface area contributed by atoms with Crippen molar-refractivity contribution in [3.8, 4) is 0 Å². The lowest BCUT2D eigenvalue weighted by Gasteiger charge is -2.06. The highest BCUT2D eigenvalue weighted by molar-refractivity contribution is 6.33. The first-order chi connectivity index (χ1) is 9.09. The fourth-order valence-corrected chi connectivity index (χ4v) is 1.36. The fraction of sp³-hybridized carbons (Fsp3) is 0.385. The van der Waals surface area contributed by atoms with Gasteiger partial charge in [-0.25, -0.2) is 5.48 Å². The molecule has 0 aliphatic heterocycles. The lowest BCUT2D eigenvalue weighted by atomic mass is 10.1. The summed E-state index contributed by atoms with van der Waals surface area (Å²) < 4.78 is 0. The second-order valence-corrected chi connectivity index (χ2v) is 4.79. The van der Waals surface area contributed by atoms with Crippen LogP contribution in [0.15, 0.2) is 34.5 Å². The molecule has 0 saturated carbocycles. The molecule has 0 unspecified atom stereocenters. The van der Waals surface area contributed by atoms with Gasteiger partial charge in [0, 0.05) is 10.6 Å². The summed E-state index contributed by atoms with van der Waals surface area (Å²) >= 11 is 5.96. The van der Waals surface area contributed by atoms with Crippen LogP contribution >= 0.6 is 11.6 Å². The van der Waals surface area contributed by atoms with Crippen molar-refractivity contribution < 1.29 is 4.84 Å². The first-order valence-electron chi connectivity index (χ1n) is 6.08. The van der Waals surface area contributed by atoms with Gasteiger partial charge in [0.15, 0.2) is 0 Å². The first-order valence-corrected chi connectivity index (χ1v) is 6.46. The summed E-state index contributed by atoms with van der Waals surface area (Å²) in [6, 6.07) is 7.34. The van der Waals surface area contributed by atoms with Crippen LogP contribution in [0.5, 0.6) is 0 Å². The van der Waals surface area contributed by atoms with E-state index in [0.29, 0.717) is 17.5 Å². The van der Waals surface area contributed by atoms with E-state index in [0.717, 1.165) is 12.0 Å². The quantitative estimate of drug-likeness (QED) is 0.364. The predicted octanol–water partition coefficient (Wildman–Crippen LogP) is 2.56. The summed E-state index contributed by atoms with van der Waals surface area (Å²) in [4.78, 5) is 5.13. The van der Waals surface area contributed by atoms with Gasteiger partial charge in [-0.2, -0.15) is 5.10 Å². The van der Waals surface area contributed by atoms with Gasteiger partial charge in [0.1, 0.15) is 0 Å². The minimum atomic E-state index is 0.104. The molecule has 0 heterocycles. The Hall–Kier alpha value is -1.59.